The SMILES string of the molecule is N#Cc1cncnc1Oc1ccc(Cl)c(F)c1. The third kappa shape index (κ3) is 2.49. The van der Waals surface area contributed by atoms with Crippen LogP contribution in [0.25, 0.3) is 0 Å². The summed E-state index contributed by atoms with van der Waals surface area (Å²) in [7, 11) is 0. The maximum Gasteiger partial charge on any atom is 0.240 e. The molecule has 0 fully saturated rings. The summed E-state index contributed by atoms with van der Waals surface area (Å²) in [4.78, 5) is 7.47. The highest BCUT2D eigenvalue weighted by Crippen LogP contribution is 2.25. The number of rotatable bonds is 2. The minimum atomic E-state index is -0.600. The topological polar surface area (TPSA) is 58.8 Å². The van der Waals surface area contributed by atoms with Crippen LogP contribution in [0.4, 0.5) is 4.39 Å². The average molecular weight is 250 g/mol. The van der Waals surface area contributed by atoms with Crippen LogP contribution < -0.4 is 4.74 Å². The van der Waals surface area contributed by atoms with Crippen LogP contribution >= 0.6 is 11.6 Å². The minimum absolute atomic E-state index is 0.000504. The van der Waals surface area contributed by atoms with Gasteiger partial charge in [0.25, 0.3) is 0 Å². The summed E-state index contributed by atoms with van der Waals surface area (Å²) < 4.78 is 18.4. The fourth-order valence-electron chi connectivity index (χ4n) is 1.13. The third-order valence-corrected chi connectivity index (χ3v) is 2.21. The van der Waals surface area contributed by atoms with Gasteiger partial charge in [-0.25, -0.2) is 14.4 Å². The van der Waals surface area contributed by atoms with Crippen LogP contribution in [-0.2, 0) is 0 Å². The fourth-order valence-corrected chi connectivity index (χ4v) is 1.25. The van der Waals surface area contributed by atoms with Crippen molar-refractivity contribution >= 4 is 11.6 Å². The molecule has 1 aromatic carbocycles. The molecular formula is C11H5ClFN3O. The molecule has 0 unspecified atom stereocenters. The van der Waals surface area contributed by atoms with Gasteiger partial charge >= 0.3 is 0 Å². The van der Waals surface area contributed by atoms with Crippen LogP contribution in [0.2, 0.25) is 5.02 Å². The summed E-state index contributed by atoms with van der Waals surface area (Å²) in [5.41, 5.74) is 0.169. The zero-order valence-corrected chi connectivity index (χ0v) is 9.15. The number of aromatic nitrogens is 2. The molecule has 0 saturated carbocycles. The monoisotopic (exact) mass is 249 g/mol. The van der Waals surface area contributed by atoms with Crippen molar-refractivity contribution in [3.63, 3.8) is 0 Å². The second-order valence-corrected chi connectivity index (χ2v) is 3.44. The number of hydrogen-bond acceptors (Lipinski definition) is 4. The predicted molar refractivity (Wildman–Crippen MR) is 58.2 cm³/mol. The Balaban J connectivity index is 2.32. The highest BCUT2D eigenvalue weighted by molar-refractivity contribution is 6.30. The van der Waals surface area contributed by atoms with Crippen molar-refractivity contribution in [2.45, 2.75) is 0 Å². The zero-order valence-electron chi connectivity index (χ0n) is 8.39. The largest absolute Gasteiger partial charge is 0.437 e. The highest BCUT2D eigenvalue weighted by Gasteiger charge is 2.07. The van der Waals surface area contributed by atoms with E-state index in [1.807, 2.05) is 6.07 Å². The quantitative estimate of drug-likeness (QED) is 0.821. The maximum absolute atomic E-state index is 13.2. The summed E-state index contributed by atoms with van der Waals surface area (Å²) in [5, 5.41) is 8.79. The average Bonchev–Trinajstić information content (AvgIpc) is 2.34. The lowest BCUT2D eigenvalue weighted by Gasteiger charge is -2.05. The normalized spacial score (nSPS) is 9.71. The Morgan fingerprint density at radius 1 is 1.41 bits per heavy atom. The fraction of sp³-hybridized carbons (Fsp3) is 0. The predicted octanol–water partition coefficient (Wildman–Crippen LogP) is 2.93. The van der Waals surface area contributed by atoms with Gasteiger partial charge in [0.1, 0.15) is 29.5 Å². The van der Waals surface area contributed by atoms with Gasteiger partial charge in [-0.3, -0.25) is 0 Å². The number of hydrogen-bond donors (Lipinski definition) is 0. The molecule has 0 aliphatic rings. The molecule has 17 heavy (non-hydrogen) atoms. The van der Waals surface area contributed by atoms with Crippen LogP contribution in [0.15, 0.2) is 30.7 Å². The lowest BCUT2D eigenvalue weighted by molar-refractivity contribution is 0.455. The number of nitriles is 1. The lowest BCUT2D eigenvalue weighted by Crippen LogP contribution is -1.93. The van der Waals surface area contributed by atoms with Gasteiger partial charge in [0.15, 0.2) is 0 Å². The van der Waals surface area contributed by atoms with Gasteiger partial charge in [-0.15, -0.1) is 0 Å². The van der Waals surface area contributed by atoms with Gasteiger partial charge in [0.2, 0.25) is 5.88 Å². The molecule has 0 radical (unpaired) electrons. The summed E-state index contributed by atoms with van der Waals surface area (Å²) in [6, 6.07) is 5.83. The summed E-state index contributed by atoms with van der Waals surface area (Å²) in [6.45, 7) is 0. The van der Waals surface area contributed by atoms with Crippen LogP contribution in [0, 0.1) is 17.1 Å². The van der Waals surface area contributed by atoms with Gasteiger partial charge in [-0.1, -0.05) is 11.6 Å². The van der Waals surface area contributed by atoms with Crippen molar-refractivity contribution in [2.75, 3.05) is 0 Å². The Labute approximate surface area is 101 Å². The van der Waals surface area contributed by atoms with Crippen LogP contribution in [-0.4, -0.2) is 9.97 Å². The first-order valence-corrected chi connectivity index (χ1v) is 4.91. The molecule has 4 nitrogen and oxygen atoms in total. The second kappa shape index (κ2) is 4.76. The Morgan fingerprint density at radius 3 is 2.94 bits per heavy atom. The molecule has 0 atom stereocenters. The van der Waals surface area contributed by atoms with Gasteiger partial charge < -0.3 is 4.74 Å². The first-order valence-electron chi connectivity index (χ1n) is 4.53. The van der Waals surface area contributed by atoms with Crippen LogP contribution in [0.3, 0.4) is 0 Å². The third-order valence-electron chi connectivity index (χ3n) is 1.90. The lowest BCUT2D eigenvalue weighted by atomic mass is 10.3. The van der Waals surface area contributed by atoms with Gasteiger partial charge in [0.05, 0.1) is 11.2 Å². The smallest absolute Gasteiger partial charge is 0.240 e. The van der Waals surface area contributed by atoms with Crippen molar-refractivity contribution in [1.29, 1.82) is 5.26 Å². The van der Waals surface area contributed by atoms with E-state index >= 15 is 0 Å². The zero-order chi connectivity index (χ0) is 12.3. The van der Waals surface area contributed by atoms with E-state index < -0.39 is 5.82 Å². The molecular weight excluding hydrogens is 245 g/mol. The van der Waals surface area contributed by atoms with Gasteiger partial charge in [0, 0.05) is 6.07 Å². The first kappa shape index (κ1) is 11.3. The molecule has 6 heteroatoms. The van der Waals surface area contributed by atoms with Crippen LogP contribution in [0.5, 0.6) is 11.6 Å². The van der Waals surface area contributed by atoms with E-state index in [4.69, 9.17) is 21.6 Å². The summed E-state index contributed by atoms with van der Waals surface area (Å²) >= 11 is 5.53. The van der Waals surface area contributed by atoms with E-state index in [2.05, 4.69) is 9.97 Å². The highest BCUT2D eigenvalue weighted by atomic mass is 35.5. The minimum Gasteiger partial charge on any atom is -0.437 e. The maximum atomic E-state index is 13.2. The second-order valence-electron chi connectivity index (χ2n) is 3.03. The van der Waals surface area contributed by atoms with E-state index in [9.17, 15) is 4.39 Å². The molecule has 0 bridgehead atoms. The first-order chi connectivity index (χ1) is 8.20. The molecule has 0 spiro atoms. The molecule has 0 saturated heterocycles. The van der Waals surface area contributed by atoms with Gasteiger partial charge in [-0.2, -0.15) is 5.26 Å². The number of benzene rings is 1. The Bertz CT molecular complexity index is 598. The van der Waals surface area contributed by atoms with Crippen molar-refractivity contribution in [1.82, 2.24) is 9.97 Å². The molecule has 84 valence electrons. The van der Waals surface area contributed by atoms with Crippen molar-refractivity contribution in [3.8, 4) is 17.7 Å². The van der Waals surface area contributed by atoms with E-state index in [1.165, 1.54) is 24.7 Å². The van der Waals surface area contributed by atoms with E-state index in [-0.39, 0.29) is 22.2 Å². The van der Waals surface area contributed by atoms with E-state index in [1.54, 1.807) is 0 Å². The Kier molecular flexibility index (Phi) is 3.17. The molecule has 1 aromatic heterocycles. The molecule has 0 aliphatic heterocycles. The molecule has 0 aliphatic carbocycles. The Morgan fingerprint density at radius 2 is 2.24 bits per heavy atom. The molecule has 2 aromatic rings. The van der Waals surface area contributed by atoms with Crippen molar-refractivity contribution in [2.24, 2.45) is 0 Å². The molecule has 1 heterocycles. The molecule has 2 rings (SSSR count). The standard InChI is InChI=1S/C11H5ClFN3O/c12-9-2-1-8(3-10(9)13)17-11-7(4-14)5-15-6-16-11/h1-3,5-6H. The van der Waals surface area contributed by atoms with Crippen molar-refractivity contribution < 1.29 is 9.13 Å². The number of ether oxygens (including phenoxy) is 1. The van der Waals surface area contributed by atoms with Gasteiger partial charge in [-0.05, 0) is 12.1 Å². The van der Waals surface area contributed by atoms with E-state index in [0.29, 0.717) is 0 Å². The Hall–Kier alpha value is -2.19. The van der Waals surface area contributed by atoms with E-state index in [0.717, 1.165) is 6.07 Å². The summed E-state index contributed by atoms with van der Waals surface area (Å²) in [6.07, 6.45) is 2.55. The number of nitrogens with zero attached hydrogens (tertiary/aromatic N) is 3. The van der Waals surface area contributed by atoms with Crippen molar-refractivity contribution in [3.05, 3.63) is 47.1 Å². The molecule has 0 amide bonds. The molecule has 0 N–H and O–H groups in total. The summed E-state index contributed by atoms with van der Waals surface area (Å²) in [5.74, 6) is -0.317. The number of halogens is 2. The van der Waals surface area contributed by atoms with Crippen LogP contribution in [0.1, 0.15) is 5.56 Å².